The van der Waals surface area contributed by atoms with Crippen molar-refractivity contribution in [2.24, 2.45) is 4.99 Å². The zero-order valence-corrected chi connectivity index (χ0v) is 19.6. The number of rotatable bonds is 7. The molecule has 1 aromatic rings. The highest BCUT2D eigenvalue weighted by Crippen LogP contribution is 2.18. The van der Waals surface area contributed by atoms with E-state index in [9.17, 15) is 0 Å². The SMILES string of the molecule is CCNC(=NCCCOc1ccccc1C)N1CCC(N2CCOCC2)C1.I. The van der Waals surface area contributed by atoms with Crippen LogP contribution in [0.25, 0.3) is 0 Å². The number of nitrogens with zero attached hydrogens (tertiary/aromatic N) is 3. The summed E-state index contributed by atoms with van der Waals surface area (Å²) in [6.45, 7) is 12.6. The minimum atomic E-state index is 0. The molecule has 2 aliphatic rings. The van der Waals surface area contributed by atoms with Crippen molar-refractivity contribution in [1.82, 2.24) is 15.1 Å². The highest BCUT2D eigenvalue weighted by Gasteiger charge is 2.30. The first-order chi connectivity index (χ1) is 13.3. The Morgan fingerprint density at radius 1 is 1.25 bits per heavy atom. The van der Waals surface area contributed by atoms with Crippen molar-refractivity contribution < 1.29 is 9.47 Å². The number of ether oxygens (including phenoxy) is 2. The average Bonchev–Trinajstić information content (AvgIpc) is 3.19. The second-order valence-electron chi connectivity index (χ2n) is 7.24. The molecule has 0 saturated carbocycles. The molecule has 2 saturated heterocycles. The van der Waals surface area contributed by atoms with Crippen LogP contribution in [-0.4, -0.2) is 80.9 Å². The molecular formula is C21H35IN4O2. The Hall–Kier alpha value is -1.06. The van der Waals surface area contributed by atoms with E-state index >= 15 is 0 Å². The van der Waals surface area contributed by atoms with E-state index in [1.807, 2.05) is 18.2 Å². The highest BCUT2D eigenvalue weighted by molar-refractivity contribution is 14.0. The molecule has 0 aliphatic carbocycles. The second kappa shape index (κ2) is 12.5. The molecule has 158 valence electrons. The minimum absolute atomic E-state index is 0. The van der Waals surface area contributed by atoms with Crippen LogP contribution in [0.1, 0.15) is 25.3 Å². The summed E-state index contributed by atoms with van der Waals surface area (Å²) in [6.07, 6.45) is 2.13. The van der Waals surface area contributed by atoms with Gasteiger partial charge in [0.25, 0.3) is 0 Å². The van der Waals surface area contributed by atoms with E-state index in [1.165, 1.54) is 12.0 Å². The molecule has 6 nitrogen and oxygen atoms in total. The molecule has 2 heterocycles. The van der Waals surface area contributed by atoms with Gasteiger partial charge < -0.3 is 19.7 Å². The number of morpholine rings is 1. The third-order valence-corrected chi connectivity index (χ3v) is 5.28. The van der Waals surface area contributed by atoms with Crippen LogP contribution < -0.4 is 10.1 Å². The summed E-state index contributed by atoms with van der Waals surface area (Å²) in [5, 5.41) is 3.46. The average molecular weight is 502 g/mol. The normalized spacial score (nSPS) is 20.7. The molecule has 3 rings (SSSR count). The Kier molecular flexibility index (Phi) is 10.4. The molecule has 0 aromatic heterocycles. The van der Waals surface area contributed by atoms with Gasteiger partial charge in [0.2, 0.25) is 0 Å². The van der Waals surface area contributed by atoms with Gasteiger partial charge in [-0.15, -0.1) is 24.0 Å². The van der Waals surface area contributed by atoms with E-state index in [-0.39, 0.29) is 24.0 Å². The van der Waals surface area contributed by atoms with E-state index in [1.54, 1.807) is 0 Å². The number of nitrogens with one attached hydrogen (secondary N) is 1. The smallest absolute Gasteiger partial charge is 0.193 e. The van der Waals surface area contributed by atoms with Gasteiger partial charge in [0.1, 0.15) is 5.75 Å². The van der Waals surface area contributed by atoms with Crippen LogP contribution in [0, 0.1) is 6.92 Å². The van der Waals surface area contributed by atoms with Crippen molar-refractivity contribution in [3.63, 3.8) is 0 Å². The lowest BCUT2D eigenvalue weighted by Crippen LogP contribution is -2.46. The van der Waals surface area contributed by atoms with Gasteiger partial charge in [0, 0.05) is 51.7 Å². The number of benzene rings is 1. The molecule has 0 bridgehead atoms. The van der Waals surface area contributed by atoms with Crippen molar-refractivity contribution in [2.75, 3.05) is 59.1 Å². The number of aliphatic imine (C=N–C) groups is 1. The standard InChI is InChI=1S/C21H34N4O2.HI/c1-3-22-21(23-10-6-14-27-20-8-5-4-7-18(20)2)25-11-9-19(17-25)24-12-15-26-16-13-24;/h4-5,7-8,19H,3,6,9-17H2,1-2H3,(H,22,23);1H. The molecule has 1 unspecified atom stereocenters. The van der Waals surface area contributed by atoms with Gasteiger partial charge >= 0.3 is 0 Å². The molecule has 0 radical (unpaired) electrons. The Morgan fingerprint density at radius 3 is 2.79 bits per heavy atom. The van der Waals surface area contributed by atoms with E-state index in [4.69, 9.17) is 14.5 Å². The molecule has 7 heteroatoms. The maximum atomic E-state index is 5.88. The van der Waals surface area contributed by atoms with E-state index in [2.05, 4.69) is 35.0 Å². The van der Waals surface area contributed by atoms with Gasteiger partial charge in [-0.3, -0.25) is 9.89 Å². The minimum Gasteiger partial charge on any atom is -0.493 e. The topological polar surface area (TPSA) is 49.3 Å². The van der Waals surface area contributed by atoms with E-state index in [0.717, 1.165) is 70.6 Å². The first kappa shape index (κ1) is 23.2. The molecule has 0 spiro atoms. The highest BCUT2D eigenvalue weighted by atomic mass is 127. The fourth-order valence-corrected chi connectivity index (χ4v) is 3.75. The molecule has 0 amide bonds. The number of para-hydroxylation sites is 1. The number of hydrogen-bond acceptors (Lipinski definition) is 4. The van der Waals surface area contributed by atoms with Crippen molar-refractivity contribution in [3.05, 3.63) is 29.8 Å². The second-order valence-corrected chi connectivity index (χ2v) is 7.24. The number of aryl methyl sites for hydroxylation is 1. The van der Waals surface area contributed by atoms with Gasteiger partial charge in [-0.25, -0.2) is 0 Å². The Labute approximate surface area is 186 Å². The maximum Gasteiger partial charge on any atom is 0.193 e. The summed E-state index contributed by atoms with van der Waals surface area (Å²) in [7, 11) is 0. The lowest BCUT2D eigenvalue weighted by atomic mass is 10.2. The fraction of sp³-hybridized carbons (Fsp3) is 0.667. The summed E-state index contributed by atoms with van der Waals surface area (Å²) in [6, 6.07) is 8.78. The first-order valence-electron chi connectivity index (χ1n) is 10.3. The van der Waals surface area contributed by atoms with Crippen LogP contribution in [0.5, 0.6) is 5.75 Å². The van der Waals surface area contributed by atoms with Crippen LogP contribution >= 0.6 is 24.0 Å². The third kappa shape index (κ3) is 6.77. The quantitative estimate of drug-likeness (QED) is 0.269. The van der Waals surface area contributed by atoms with Crippen molar-refractivity contribution in [3.8, 4) is 5.75 Å². The number of hydrogen-bond donors (Lipinski definition) is 1. The van der Waals surface area contributed by atoms with Crippen molar-refractivity contribution in [1.29, 1.82) is 0 Å². The predicted molar refractivity (Wildman–Crippen MR) is 125 cm³/mol. The number of halogens is 1. The van der Waals surface area contributed by atoms with E-state index < -0.39 is 0 Å². The monoisotopic (exact) mass is 502 g/mol. The largest absolute Gasteiger partial charge is 0.493 e. The number of likely N-dealkylation sites (tertiary alicyclic amines) is 1. The van der Waals surface area contributed by atoms with Crippen LogP contribution in [0.2, 0.25) is 0 Å². The third-order valence-electron chi connectivity index (χ3n) is 5.28. The molecular weight excluding hydrogens is 467 g/mol. The van der Waals surface area contributed by atoms with Gasteiger partial charge in [-0.1, -0.05) is 18.2 Å². The maximum absolute atomic E-state index is 5.88. The summed E-state index contributed by atoms with van der Waals surface area (Å²) < 4.78 is 11.4. The van der Waals surface area contributed by atoms with Gasteiger partial charge in [0.15, 0.2) is 5.96 Å². The predicted octanol–water partition coefficient (Wildman–Crippen LogP) is 2.75. The lowest BCUT2D eigenvalue weighted by Gasteiger charge is -2.32. The Balaban J connectivity index is 0.00000280. The van der Waals surface area contributed by atoms with Crippen molar-refractivity contribution in [2.45, 2.75) is 32.7 Å². The Morgan fingerprint density at radius 2 is 2.04 bits per heavy atom. The fourth-order valence-electron chi connectivity index (χ4n) is 3.75. The molecule has 2 fully saturated rings. The van der Waals surface area contributed by atoms with Crippen LogP contribution in [0.4, 0.5) is 0 Å². The van der Waals surface area contributed by atoms with Crippen LogP contribution in [-0.2, 0) is 4.74 Å². The molecule has 2 aliphatic heterocycles. The Bertz CT molecular complexity index is 608. The first-order valence-corrected chi connectivity index (χ1v) is 10.3. The molecule has 28 heavy (non-hydrogen) atoms. The molecule has 1 aromatic carbocycles. The van der Waals surface area contributed by atoms with Gasteiger partial charge in [-0.05, 0) is 31.9 Å². The molecule has 1 atom stereocenters. The zero-order chi connectivity index (χ0) is 18.9. The van der Waals surface area contributed by atoms with Gasteiger partial charge in [0.05, 0.1) is 19.8 Å². The number of guanidine groups is 1. The van der Waals surface area contributed by atoms with Gasteiger partial charge in [-0.2, -0.15) is 0 Å². The van der Waals surface area contributed by atoms with Crippen LogP contribution in [0.15, 0.2) is 29.3 Å². The van der Waals surface area contributed by atoms with Crippen molar-refractivity contribution >= 4 is 29.9 Å². The summed E-state index contributed by atoms with van der Waals surface area (Å²) in [4.78, 5) is 9.82. The summed E-state index contributed by atoms with van der Waals surface area (Å²) in [5.41, 5.74) is 1.18. The lowest BCUT2D eigenvalue weighted by molar-refractivity contribution is 0.0195. The summed E-state index contributed by atoms with van der Waals surface area (Å²) >= 11 is 0. The van der Waals surface area contributed by atoms with Crippen LogP contribution in [0.3, 0.4) is 0 Å². The molecule has 1 N–H and O–H groups in total. The summed E-state index contributed by atoms with van der Waals surface area (Å²) in [5.74, 6) is 2.02. The zero-order valence-electron chi connectivity index (χ0n) is 17.2. The van der Waals surface area contributed by atoms with E-state index in [0.29, 0.717) is 12.6 Å².